The summed E-state index contributed by atoms with van der Waals surface area (Å²) in [6, 6.07) is 12.1. The minimum absolute atomic E-state index is 0.461. The molecular formula is C14H15BN4. The first-order valence-electron chi connectivity index (χ1n) is 6.22. The lowest BCUT2D eigenvalue weighted by Crippen LogP contribution is -2.05. The second-order valence-corrected chi connectivity index (χ2v) is 4.42. The molecule has 0 atom stereocenters. The van der Waals surface area contributed by atoms with Crippen molar-refractivity contribution in [2.45, 2.75) is 13.3 Å². The summed E-state index contributed by atoms with van der Waals surface area (Å²) in [5, 5.41) is 11.7. The first kappa shape index (κ1) is 13.1. The number of aromatic nitrogens is 2. The molecule has 0 aliphatic carbocycles. The third kappa shape index (κ3) is 3.55. The summed E-state index contributed by atoms with van der Waals surface area (Å²) >= 11 is 0. The van der Waals surface area contributed by atoms with Crippen molar-refractivity contribution in [3.63, 3.8) is 0 Å². The minimum atomic E-state index is 0.461. The summed E-state index contributed by atoms with van der Waals surface area (Å²) in [5.74, 6) is 1.47. The first-order chi connectivity index (χ1) is 9.19. The van der Waals surface area contributed by atoms with Crippen LogP contribution in [-0.4, -0.2) is 24.4 Å². The molecule has 0 fully saturated rings. The highest BCUT2D eigenvalue weighted by atomic mass is 15.0. The average Bonchev–Trinajstić information content (AvgIpc) is 2.39. The highest BCUT2D eigenvalue weighted by Gasteiger charge is 2.04. The Morgan fingerprint density at radius 2 is 2.00 bits per heavy atom. The van der Waals surface area contributed by atoms with Crippen LogP contribution >= 0.6 is 0 Å². The van der Waals surface area contributed by atoms with E-state index >= 15 is 0 Å². The van der Waals surface area contributed by atoms with Crippen LogP contribution in [0.1, 0.15) is 12.1 Å². The second kappa shape index (κ2) is 6.01. The van der Waals surface area contributed by atoms with E-state index in [1.807, 2.05) is 37.3 Å². The number of anilines is 1. The molecule has 0 saturated heterocycles. The number of hydrogen-bond acceptors (Lipinski definition) is 4. The molecule has 0 saturated carbocycles. The van der Waals surface area contributed by atoms with Gasteiger partial charge in [0.15, 0.2) is 5.82 Å². The number of benzene rings is 1. The molecule has 4 nitrogen and oxygen atoms in total. The van der Waals surface area contributed by atoms with Crippen LogP contribution in [0.5, 0.6) is 0 Å². The van der Waals surface area contributed by atoms with Crippen molar-refractivity contribution in [2.75, 3.05) is 11.9 Å². The molecule has 0 aliphatic heterocycles. The van der Waals surface area contributed by atoms with Crippen LogP contribution in [0.15, 0.2) is 30.3 Å². The maximum absolute atomic E-state index is 8.53. The molecule has 0 aliphatic rings. The Bertz CT molecular complexity index is 602. The van der Waals surface area contributed by atoms with Crippen molar-refractivity contribution in [3.05, 3.63) is 36.0 Å². The Hall–Kier alpha value is -2.35. The predicted octanol–water partition coefficient (Wildman–Crippen LogP) is 1.04. The molecule has 0 amide bonds. The first-order valence-corrected chi connectivity index (χ1v) is 6.22. The van der Waals surface area contributed by atoms with Crippen molar-refractivity contribution >= 4 is 19.1 Å². The number of rotatable bonds is 4. The maximum atomic E-state index is 8.53. The molecule has 1 N–H and O–H groups in total. The van der Waals surface area contributed by atoms with Crippen molar-refractivity contribution in [3.8, 4) is 17.5 Å². The fourth-order valence-corrected chi connectivity index (χ4v) is 1.74. The van der Waals surface area contributed by atoms with Gasteiger partial charge in [-0.15, -0.1) is 0 Å². The Kier molecular flexibility index (Phi) is 4.14. The molecule has 0 radical (unpaired) electrons. The topological polar surface area (TPSA) is 61.6 Å². The molecule has 0 unspecified atom stereocenters. The van der Waals surface area contributed by atoms with E-state index in [2.05, 4.69) is 29.2 Å². The normalized spacial score (nSPS) is 9.89. The van der Waals surface area contributed by atoms with Gasteiger partial charge in [-0.25, -0.2) is 9.97 Å². The van der Waals surface area contributed by atoms with E-state index in [1.165, 1.54) is 5.46 Å². The summed E-state index contributed by atoms with van der Waals surface area (Å²) in [4.78, 5) is 8.92. The molecule has 1 aromatic carbocycles. The van der Waals surface area contributed by atoms with E-state index in [0.717, 1.165) is 17.1 Å². The number of nitrogens with zero attached hydrogens (tertiary/aromatic N) is 3. The van der Waals surface area contributed by atoms with Gasteiger partial charge in [0.2, 0.25) is 0 Å². The van der Waals surface area contributed by atoms with Crippen LogP contribution < -0.4 is 10.8 Å². The zero-order chi connectivity index (χ0) is 13.7. The summed E-state index contributed by atoms with van der Waals surface area (Å²) in [5.41, 5.74) is 3.12. The fraction of sp³-hybridized carbons (Fsp3) is 0.214. The number of nitrogens with one attached hydrogen (secondary N) is 1. The van der Waals surface area contributed by atoms with Crippen molar-refractivity contribution in [1.82, 2.24) is 9.97 Å². The maximum Gasteiger partial charge on any atom is 0.161 e. The smallest absolute Gasteiger partial charge is 0.161 e. The largest absolute Gasteiger partial charge is 0.369 e. The van der Waals surface area contributed by atoms with Gasteiger partial charge in [0, 0.05) is 23.9 Å². The Balaban J connectivity index is 2.26. The number of aryl methyl sites for hydroxylation is 1. The molecule has 19 heavy (non-hydrogen) atoms. The van der Waals surface area contributed by atoms with Crippen molar-refractivity contribution in [1.29, 1.82) is 5.26 Å². The van der Waals surface area contributed by atoms with Gasteiger partial charge in [-0.2, -0.15) is 5.26 Å². The highest BCUT2D eigenvalue weighted by molar-refractivity contribution is 6.32. The third-order valence-electron chi connectivity index (χ3n) is 2.71. The van der Waals surface area contributed by atoms with Crippen LogP contribution in [0.4, 0.5) is 5.82 Å². The van der Waals surface area contributed by atoms with E-state index in [9.17, 15) is 0 Å². The molecule has 1 aromatic heterocycles. The predicted molar refractivity (Wildman–Crippen MR) is 79.1 cm³/mol. The summed E-state index contributed by atoms with van der Waals surface area (Å²) in [7, 11) is 2.05. The van der Waals surface area contributed by atoms with E-state index in [4.69, 9.17) is 5.26 Å². The van der Waals surface area contributed by atoms with E-state index in [0.29, 0.717) is 18.8 Å². The van der Waals surface area contributed by atoms with Crippen LogP contribution in [-0.2, 0) is 0 Å². The third-order valence-corrected chi connectivity index (χ3v) is 2.71. The lowest BCUT2D eigenvalue weighted by Gasteiger charge is -2.07. The molecule has 2 aromatic rings. The van der Waals surface area contributed by atoms with Crippen LogP contribution in [0.25, 0.3) is 11.4 Å². The summed E-state index contributed by atoms with van der Waals surface area (Å²) in [6.07, 6.45) is 0.461. The van der Waals surface area contributed by atoms with Crippen molar-refractivity contribution in [2.24, 2.45) is 0 Å². The van der Waals surface area contributed by atoms with Gasteiger partial charge < -0.3 is 5.32 Å². The lowest BCUT2D eigenvalue weighted by molar-refractivity contribution is 1.03. The molecular weight excluding hydrogens is 235 g/mol. The van der Waals surface area contributed by atoms with Crippen LogP contribution in [0.3, 0.4) is 0 Å². The van der Waals surface area contributed by atoms with E-state index < -0.39 is 0 Å². The van der Waals surface area contributed by atoms with Crippen LogP contribution in [0, 0.1) is 18.3 Å². The second-order valence-electron chi connectivity index (χ2n) is 4.42. The number of hydrogen-bond donors (Lipinski definition) is 1. The monoisotopic (exact) mass is 250 g/mol. The molecule has 0 bridgehead atoms. The van der Waals surface area contributed by atoms with E-state index in [-0.39, 0.29) is 0 Å². The van der Waals surface area contributed by atoms with Gasteiger partial charge in [0.25, 0.3) is 0 Å². The lowest BCUT2D eigenvalue weighted by atomic mass is 9.95. The van der Waals surface area contributed by atoms with Crippen LogP contribution in [0.2, 0.25) is 0 Å². The van der Waals surface area contributed by atoms with Gasteiger partial charge >= 0.3 is 0 Å². The Morgan fingerprint density at radius 3 is 2.68 bits per heavy atom. The zero-order valence-corrected chi connectivity index (χ0v) is 11.1. The molecule has 1 heterocycles. The van der Waals surface area contributed by atoms with E-state index in [1.54, 1.807) is 0 Å². The summed E-state index contributed by atoms with van der Waals surface area (Å²) in [6.45, 7) is 2.54. The standard InChI is InChI=1S/C14H15BN4/c1-10-9-13(17-8-2-7-16)19-14(18-10)11-3-5-12(15)6-4-11/h3-6,9H,2,8,15H2,1H3,(H,17,18,19). The summed E-state index contributed by atoms with van der Waals surface area (Å²) < 4.78 is 0. The minimum Gasteiger partial charge on any atom is -0.369 e. The molecule has 0 spiro atoms. The zero-order valence-electron chi connectivity index (χ0n) is 11.1. The fourth-order valence-electron chi connectivity index (χ4n) is 1.74. The van der Waals surface area contributed by atoms with Gasteiger partial charge in [-0.3, -0.25) is 0 Å². The number of nitriles is 1. The molecule has 2 rings (SSSR count). The van der Waals surface area contributed by atoms with Gasteiger partial charge in [-0.05, 0) is 6.92 Å². The Labute approximate surface area is 113 Å². The Morgan fingerprint density at radius 1 is 1.26 bits per heavy atom. The van der Waals surface area contributed by atoms with Gasteiger partial charge in [0.05, 0.1) is 12.5 Å². The molecule has 94 valence electrons. The van der Waals surface area contributed by atoms with Crippen molar-refractivity contribution < 1.29 is 0 Å². The average molecular weight is 250 g/mol. The van der Waals surface area contributed by atoms with Gasteiger partial charge in [-0.1, -0.05) is 29.7 Å². The van der Waals surface area contributed by atoms with Gasteiger partial charge in [0.1, 0.15) is 13.7 Å². The molecule has 5 heteroatoms. The highest BCUT2D eigenvalue weighted by Crippen LogP contribution is 2.16. The SMILES string of the molecule is Bc1ccc(-c2nc(C)cc(NCCC#N)n2)cc1. The quantitative estimate of drug-likeness (QED) is 0.650.